The highest BCUT2D eigenvalue weighted by molar-refractivity contribution is 7.92. The van der Waals surface area contributed by atoms with Gasteiger partial charge >= 0.3 is 0 Å². The second kappa shape index (κ2) is 8.75. The Bertz CT molecular complexity index is 1360. The topological polar surface area (TPSA) is 68.2 Å². The van der Waals surface area contributed by atoms with E-state index >= 15 is 0 Å². The Morgan fingerprint density at radius 1 is 0.903 bits per heavy atom. The maximum absolute atomic E-state index is 13.1. The number of fused-ring (bicyclic) bond motifs is 1. The Labute approximate surface area is 190 Å². The molecule has 4 aromatic rings. The van der Waals surface area contributed by atoms with Crippen LogP contribution in [0.25, 0.3) is 10.9 Å². The third-order valence-corrected chi connectivity index (χ3v) is 6.91. The summed E-state index contributed by atoms with van der Waals surface area (Å²) in [6, 6.07) is 21.2. The van der Waals surface area contributed by atoms with Crippen LogP contribution in [0.3, 0.4) is 0 Å². The van der Waals surface area contributed by atoms with Crippen molar-refractivity contribution >= 4 is 55.5 Å². The van der Waals surface area contributed by atoms with Gasteiger partial charge < -0.3 is 9.88 Å². The van der Waals surface area contributed by atoms with E-state index < -0.39 is 21.5 Å². The lowest BCUT2D eigenvalue weighted by Crippen LogP contribution is -2.23. The lowest BCUT2D eigenvalue weighted by atomic mass is 10.2. The van der Waals surface area contributed by atoms with E-state index in [-0.39, 0.29) is 4.90 Å². The number of halogens is 2. The van der Waals surface area contributed by atoms with E-state index in [0.717, 1.165) is 11.1 Å². The first kappa shape index (κ1) is 21.4. The van der Waals surface area contributed by atoms with Gasteiger partial charge in [-0.3, -0.25) is 4.79 Å². The van der Waals surface area contributed by atoms with Gasteiger partial charge in [-0.05, 0) is 42.0 Å². The smallest absolute Gasteiger partial charge is 0.239 e. The predicted molar refractivity (Wildman–Crippen MR) is 125 cm³/mol. The minimum Gasteiger partial charge on any atom is -0.342 e. The molecule has 0 aliphatic heterocycles. The van der Waals surface area contributed by atoms with Crippen LogP contribution in [-0.4, -0.2) is 24.6 Å². The fourth-order valence-electron chi connectivity index (χ4n) is 3.39. The van der Waals surface area contributed by atoms with Gasteiger partial charge in [0.2, 0.25) is 5.91 Å². The molecule has 3 aromatic carbocycles. The molecule has 4 rings (SSSR count). The number of para-hydroxylation sites is 1. The van der Waals surface area contributed by atoms with Gasteiger partial charge in [-0.1, -0.05) is 59.6 Å². The van der Waals surface area contributed by atoms with Crippen molar-refractivity contribution in [2.24, 2.45) is 0 Å². The highest BCUT2D eigenvalue weighted by atomic mass is 35.5. The van der Waals surface area contributed by atoms with E-state index in [9.17, 15) is 13.2 Å². The number of anilines is 1. The Morgan fingerprint density at radius 3 is 2.39 bits per heavy atom. The van der Waals surface area contributed by atoms with Gasteiger partial charge in [0.25, 0.3) is 0 Å². The highest BCUT2D eigenvalue weighted by Crippen LogP contribution is 2.27. The van der Waals surface area contributed by atoms with Crippen LogP contribution < -0.4 is 5.32 Å². The van der Waals surface area contributed by atoms with Crippen molar-refractivity contribution in [2.75, 3.05) is 11.1 Å². The van der Waals surface area contributed by atoms with Crippen molar-refractivity contribution < 1.29 is 13.2 Å². The van der Waals surface area contributed by atoms with E-state index in [1.165, 1.54) is 0 Å². The van der Waals surface area contributed by atoms with E-state index in [1.807, 2.05) is 28.8 Å². The van der Waals surface area contributed by atoms with Crippen molar-refractivity contribution in [1.82, 2.24) is 4.57 Å². The molecule has 0 spiro atoms. The molecule has 0 aliphatic carbocycles. The lowest BCUT2D eigenvalue weighted by Gasteiger charge is -2.06. The summed E-state index contributed by atoms with van der Waals surface area (Å²) in [5.74, 6) is -1.30. The van der Waals surface area contributed by atoms with Crippen molar-refractivity contribution in [3.8, 4) is 0 Å². The van der Waals surface area contributed by atoms with Crippen molar-refractivity contribution in [2.45, 2.75) is 11.4 Å². The van der Waals surface area contributed by atoms with Gasteiger partial charge in [0.15, 0.2) is 9.84 Å². The van der Waals surface area contributed by atoms with Gasteiger partial charge in [-0.25, -0.2) is 8.42 Å². The third-order valence-electron chi connectivity index (χ3n) is 4.78. The van der Waals surface area contributed by atoms with Gasteiger partial charge in [-0.15, -0.1) is 0 Å². The summed E-state index contributed by atoms with van der Waals surface area (Å²) in [6.45, 7) is 0.474. The molecule has 0 fully saturated rings. The van der Waals surface area contributed by atoms with E-state index in [0.29, 0.717) is 27.7 Å². The second-order valence-corrected chi connectivity index (χ2v) is 9.91. The maximum Gasteiger partial charge on any atom is 0.239 e. The minimum absolute atomic E-state index is 0.123. The molecule has 0 bridgehead atoms. The molecule has 158 valence electrons. The molecule has 31 heavy (non-hydrogen) atoms. The molecule has 0 saturated heterocycles. The summed E-state index contributed by atoms with van der Waals surface area (Å²) in [6.07, 6.45) is 1.58. The predicted octanol–water partition coefficient (Wildman–Crippen LogP) is 5.41. The first-order valence-corrected chi connectivity index (χ1v) is 11.8. The summed E-state index contributed by atoms with van der Waals surface area (Å²) < 4.78 is 28.1. The average Bonchev–Trinajstić information content (AvgIpc) is 3.09. The van der Waals surface area contributed by atoms with Crippen LogP contribution in [0.4, 0.5) is 5.69 Å². The van der Waals surface area contributed by atoms with Gasteiger partial charge in [-0.2, -0.15) is 0 Å². The molecule has 1 heterocycles. The quantitative estimate of drug-likeness (QED) is 0.407. The number of carbonyl (C=O) groups is 1. The average molecular weight is 473 g/mol. The molecule has 0 aliphatic rings. The number of nitrogens with one attached hydrogen (secondary N) is 1. The molecule has 1 aromatic heterocycles. The molecule has 5 nitrogen and oxygen atoms in total. The molecule has 1 N–H and O–H groups in total. The number of nitrogens with zero attached hydrogens (tertiary/aromatic N) is 1. The monoisotopic (exact) mass is 472 g/mol. The summed E-state index contributed by atoms with van der Waals surface area (Å²) in [7, 11) is -3.88. The first-order chi connectivity index (χ1) is 14.8. The lowest BCUT2D eigenvalue weighted by molar-refractivity contribution is -0.113. The fourth-order valence-corrected chi connectivity index (χ4v) is 5.08. The normalized spacial score (nSPS) is 11.5. The summed E-state index contributed by atoms with van der Waals surface area (Å²) >= 11 is 11.9. The third kappa shape index (κ3) is 4.93. The molecule has 8 heteroatoms. The standard InChI is InChI=1S/C23H18Cl2N2O3S/c24-17-10-8-16(9-11-17)13-27-14-22(20-6-1-2-7-21(20)27)31(29,30)15-23(28)26-19-5-3-4-18(25)12-19/h1-12,14H,13,15H2,(H,26,28). The zero-order chi connectivity index (χ0) is 22.0. The molecule has 0 saturated carbocycles. The number of sulfone groups is 1. The maximum atomic E-state index is 13.1. The van der Waals surface area contributed by atoms with Crippen LogP contribution in [0, 0.1) is 0 Å². The Balaban J connectivity index is 1.63. The first-order valence-electron chi connectivity index (χ1n) is 9.42. The molecule has 0 radical (unpaired) electrons. The molecule has 1 amide bonds. The van der Waals surface area contributed by atoms with E-state index in [1.54, 1.807) is 54.7 Å². The second-order valence-electron chi connectivity index (χ2n) is 7.08. The Hall–Kier alpha value is -2.80. The van der Waals surface area contributed by atoms with Crippen molar-refractivity contribution in [1.29, 1.82) is 0 Å². The van der Waals surface area contributed by atoms with Crippen molar-refractivity contribution in [3.63, 3.8) is 0 Å². The minimum atomic E-state index is -3.88. The fraction of sp³-hybridized carbons (Fsp3) is 0.0870. The van der Waals surface area contributed by atoms with Gasteiger partial charge in [0.05, 0.1) is 4.90 Å². The molecular formula is C23H18Cl2N2O3S. The highest BCUT2D eigenvalue weighted by Gasteiger charge is 2.24. The molecule has 0 unspecified atom stereocenters. The Kier molecular flexibility index (Phi) is 6.05. The van der Waals surface area contributed by atoms with Crippen LogP contribution >= 0.6 is 23.2 Å². The van der Waals surface area contributed by atoms with Gasteiger partial charge in [0.1, 0.15) is 5.75 Å². The van der Waals surface area contributed by atoms with Crippen LogP contribution in [0.1, 0.15) is 5.56 Å². The van der Waals surface area contributed by atoms with Crippen molar-refractivity contribution in [3.05, 3.63) is 94.6 Å². The number of hydrogen-bond donors (Lipinski definition) is 1. The zero-order valence-corrected chi connectivity index (χ0v) is 18.6. The zero-order valence-electron chi connectivity index (χ0n) is 16.3. The number of hydrogen-bond acceptors (Lipinski definition) is 3. The van der Waals surface area contributed by atoms with Crippen LogP contribution in [0.5, 0.6) is 0 Å². The Morgan fingerprint density at radius 2 is 1.65 bits per heavy atom. The van der Waals surface area contributed by atoms with Crippen LogP contribution in [0.15, 0.2) is 83.9 Å². The van der Waals surface area contributed by atoms with Crippen LogP contribution in [0.2, 0.25) is 10.0 Å². The largest absolute Gasteiger partial charge is 0.342 e. The number of amides is 1. The van der Waals surface area contributed by atoms with E-state index in [4.69, 9.17) is 23.2 Å². The molecule has 0 atom stereocenters. The SMILES string of the molecule is O=C(CS(=O)(=O)c1cn(Cc2ccc(Cl)cc2)c2ccccc12)Nc1cccc(Cl)c1. The summed E-state index contributed by atoms with van der Waals surface area (Å²) in [5.41, 5.74) is 2.19. The number of aromatic nitrogens is 1. The van der Waals surface area contributed by atoms with Gasteiger partial charge in [0, 0.05) is 39.4 Å². The number of rotatable bonds is 6. The molecular weight excluding hydrogens is 455 g/mol. The van der Waals surface area contributed by atoms with Crippen LogP contribution in [-0.2, 0) is 21.2 Å². The van der Waals surface area contributed by atoms with E-state index in [2.05, 4.69) is 5.32 Å². The number of benzene rings is 3. The number of carbonyl (C=O) groups excluding carboxylic acids is 1. The summed E-state index contributed by atoms with van der Waals surface area (Å²) in [4.78, 5) is 12.5. The summed E-state index contributed by atoms with van der Waals surface area (Å²) in [5, 5.41) is 4.25.